The van der Waals surface area contributed by atoms with E-state index in [4.69, 9.17) is 9.26 Å². The smallest absolute Gasteiger partial charge is 0.248 e. The Kier molecular flexibility index (Phi) is 7.01. The molecular formula is C21H28N4O5S. The van der Waals surface area contributed by atoms with Crippen LogP contribution in [0.5, 0.6) is 5.75 Å². The zero-order valence-electron chi connectivity index (χ0n) is 18.2. The number of sulfonamides is 1. The van der Waals surface area contributed by atoms with Gasteiger partial charge in [-0.1, -0.05) is 17.3 Å². The topological polar surface area (TPSA) is 105 Å². The summed E-state index contributed by atoms with van der Waals surface area (Å²) >= 11 is 0. The molecule has 3 rings (SSSR count). The zero-order chi connectivity index (χ0) is 22.6. The van der Waals surface area contributed by atoms with Crippen molar-refractivity contribution in [2.45, 2.75) is 24.7 Å². The molecule has 1 aromatic heterocycles. The minimum absolute atomic E-state index is 0.0383. The number of nitrogens with zero attached hydrogens (tertiary/aromatic N) is 3. The Morgan fingerprint density at radius 3 is 2.81 bits per heavy atom. The highest BCUT2D eigenvalue weighted by Gasteiger charge is 2.37. The van der Waals surface area contributed by atoms with Crippen molar-refractivity contribution in [2.24, 2.45) is 5.92 Å². The number of ether oxygens (including phenoxy) is 1. The molecule has 1 atom stereocenters. The Morgan fingerprint density at radius 1 is 1.35 bits per heavy atom. The Bertz CT molecular complexity index is 1060. The molecule has 10 heteroatoms. The predicted molar refractivity (Wildman–Crippen MR) is 117 cm³/mol. The summed E-state index contributed by atoms with van der Waals surface area (Å²) < 4.78 is 38.6. The molecule has 1 aliphatic rings. The highest BCUT2D eigenvalue weighted by Crippen LogP contribution is 2.30. The molecule has 0 saturated carbocycles. The number of carbonyl (C=O) groups is 1. The van der Waals surface area contributed by atoms with E-state index in [1.165, 1.54) is 11.4 Å². The zero-order valence-corrected chi connectivity index (χ0v) is 19.0. The molecule has 0 spiro atoms. The van der Waals surface area contributed by atoms with Gasteiger partial charge in [-0.2, -0.15) is 4.31 Å². The van der Waals surface area contributed by atoms with E-state index in [9.17, 15) is 13.2 Å². The number of hydrogen-bond acceptors (Lipinski definition) is 7. The molecule has 31 heavy (non-hydrogen) atoms. The Balaban J connectivity index is 1.80. The van der Waals surface area contributed by atoms with Crippen LogP contribution in [0.4, 0.5) is 5.69 Å². The minimum atomic E-state index is -3.88. The largest absolute Gasteiger partial charge is 0.495 e. The standard InChI is InChI=1S/C21H28N4O5S/c1-15-20(19(30-23-15)11-13-24(2)3)31(27,28)25-12-7-8-16(14-25)21(26)22-17-9-5-6-10-18(17)29-4/h5-6,9-11,13,16H,7-8,12,14H2,1-4H3,(H,22,26)/b13-11+/t16-/m0/s1. The predicted octanol–water partition coefficient (Wildman–Crippen LogP) is 2.56. The molecule has 2 aromatic rings. The molecule has 1 N–H and O–H groups in total. The van der Waals surface area contributed by atoms with Crippen LogP contribution in [0, 0.1) is 12.8 Å². The molecule has 1 aromatic carbocycles. The van der Waals surface area contributed by atoms with Crippen molar-refractivity contribution in [1.82, 2.24) is 14.4 Å². The van der Waals surface area contributed by atoms with Gasteiger partial charge >= 0.3 is 0 Å². The number of amides is 1. The average Bonchev–Trinajstić information content (AvgIpc) is 3.14. The van der Waals surface area contributed by atoms with Crippen LogP contribution < -0.4 is 10.1 Å². The highest BCUT2D eigenvalue weighted by molar-refractivity contribution is 7.89. The van der Waals surface area contributed by atoms with Crippen molar-refractivity contribution in [3.63, 3.8) is 0 Å². The number of rotatable bonds is 7. The molecule has 1 fully saturated rings. The molecule has 1 aliphatic heterocycles. The normalized spacial score (nSPS) is 17.6. The van der Waals surface area contributed by atoms with Crippen molar-refractivity contribution in [3.8, 4) is 5.75 Å². The van der Waals surface area contributed by atoms with Crippen molar-refractivity contribution in [1.29, 1.82) is 0 Å². The lowest BCUT2D eigenvalue weighted by Crippen LogP contribution is -2.43. The first-order valence-electron chi connectivity index (χ1n) is 9.99. The van der Waals surface area contributed by atoms with Gasteiger partial charge in [0.2, 0.25) is 15.9 Å². The summed E-state index contributed by atoms with van der Waals surface area (Å²) in [4.78, 5) is 14.7. The molecule has 1 saturated heterocycles. The van der Waals surface area contributed by atoms with Crippen LogP contribution in [0.2, 0.25) is 0 Å². The van der Waals surface area contributed by atoms with Crippen LogP contribution in [0.25, 0.3) is 6.08 Å². The molecule has 1 amide bonds. The third-order valence-corrected chi connectivity index (χ3v) is 7.10. The number of piperidine rings is 1. The third kappa shape index (κ3) is 5.08. The maximum atomic E-state index is 13.4. The molecular weight excluding hydrogens is 420 g/mol. The van der Waals surface area contributed by atoms with Gasteiger partial charge in [0.1, 0.15) is 11.4 Å². The summed E-state index contributed by atoms with van der Waals surface area (Å²) in [5.41, 5.74) is 0.847. The van der Waals surface area contributed by atoms with Crippen LogP contribution >= 0.6 is 0 Å². The van der Waals surface area contributed by atoms with Gasteiger partial charge in [-0.05, 0) is 31.9 Å². The first-order valence-corrected chi connectivity index (χ1v) is 11.4. The second-order valence-corrected chi connectivity index (χ2v) is 9.51. The van der Waals surface area contributed by atoms with E-state index in [2.05, 4.69) is 10.5 Å². The highest BCUT2D eigenvalue weighted by atomic mass is 32.2. The molecule has 0 radical (unpaired) electrons. The second-order valence-electron chi connectivity index (χ2n) is 7.63. The molecule has 168 valence electrons. The number of anilines is 1. The van der Waals surface area contributed by atoms with Crippen LogP contribution in [0.3, 0.4) is 0 Å². The van der Waals surface area contributed by atoms with Crippen LogP contribution in [-0.2, 0) is 14.8 Å². The maximum Gasteiger partial charge on any atom is 0.248 e. The first kappa shape index (κ1) is 22.8. The number of para-hydroxylation sites is 2. The summed E-state index contributed by atoms with van der Waals surface area (Å²) in [6.45, 7) is 2.02. The van der Waals surface area contributed by atoms with Crippen LogP contribution in [-0.4, -0.2) is 63.0 Å². The third-order valence-electron chi connectivity index (χ3n) is 5.08. The lowest BCUT2D eigenvalue weighted by molar-refractivity contribution is -0.120. The quantitative estimate of drug-likeness (QED) is 0.694. The van der Waals surface area contributed by atoms with E-state index in [1.807, 2.05) is 20.2 Å². The molecule has 2 heterocycles. The van der Waals surface area contributed by atoms with Crippen molar-refractivity contribution < 1.29 is 22.5 Å². The lowest BCUT2D eigenvalue weighted by Gasteiger charge is -2.31. The fourth-order valence-corrected chi connectivity index (χ4v) is 5.28. The van der Waals surface area contributed by atoms with Crippen molar-refractivity contribution in [3.05, 3.63) is 41.9 Å². The lowest BCUT2D eigenvalue weighted by atomic mass is 9.98. The summed E-state index contributed by atoms with van der Waals surface area (Å²) in [6.07, 6.45) is 4.45. The van der Waals surface area contributed by atoms with Crippen LogP contribution in [0.15, 0.2) is 39.9 Å². The van der Waals surface area contributed by atoms with Gasteiger partial charge in [0.05, 0.1) is 18.7 Å². The van der Waals surface area contributed by atoms with Crippen molar-refractivity contribution >= 4 is 27.7 Å². The Morgan fingerprint density at radius 2 is 2.10 bits per heavy atom. The molecule has 9 nitrogen and oxygen atoms in total. The van der Waals surface area contributed by atoms with Crippen LogP contribution in [0.1, 0.15) is 24.3 Å². The molecule has 0 unspecified atom stereocenters. The fraction of sp³-hybridized carbons (Fsp3) is 0.429. The number of aryl methyl sites for hydroxylation is 1. The fourth-order valence-electron chi connectivity index (χ4n) is 3.50. The van der Waals surface area contributed by atoms with E-state index in [1.54, 1.807) is 42.3 Å². The summed E-state index contributed by atoms with van der Waals surface area (Å²) in [5.74, 6) is 0.00823. The van der Waals surface area contributed by atoms with Gasteiger partial charge < -0.3 is 19.5 Å². The summed E-state index contributed by atoms with van der Waals surface area (Å²) in [6, 6.07) is 7.11. The number of hydrogen-bond donors (Lipinski definition) is 1. The monoisotopic (exact) mass is 448 g/mol. The Labute approximate surface area is 182 Å². The van der Waals surface area contributed by atoms with E-state index in [0.717, 1.165) is 0 Å². The Hall–Kier alpha value is -2.85. The number of carbonyl (C=O) groups excluding carboxylic acids is 1. The van der Waals surface area contributed by atoms with Gasteiger partial charge in [0.15, 0.2) is 10.7 Å². The second kappa shape index (κ2) is 9.52. The number of aromatic nitrogens is 1. The van der Waals surface area contributed by atoms with Gasteiger partial charge in [0, 0.05) is 39.5 Å². The maximum absolute atomic E-state index is 13.4. The number of methoxy groups -OCH3 is 1. The van der Waals surface area contributed by atoms with Gasteiger partial charge in [0.25, 0.3) is 0 Å². The number of nitrogens with one attached hydrogen (secondary N) is 1. The minimum Gasteiger partial charge on any atom is -0.495 e. The van der Waals surface area contributed by atoms with Gasteiger partial charge in [-0.15, -0.1) is 0 Å². The summed E-state index contributed by atoms with van der Waals surface area (Å²) in [5, 5.41) is 6.70. The SMILES string of the molecule is COc1ccccc1NC(=O)[C@H]1CCCN(S(=O)(=O)c2c(C)noc2/C=C/N(C)C)C1. The molecule has 0 aliphatic carbocycles. The average molecular weight is 449 g/mol. The van der Waals surface area contributed by atoms with E-state index in [-0.39, 0.29) is 23.1 Å². The van der Waals surface area contributed by atoms with Crippen molar-refractivity contribution in [2.75, 3.05) is 39.6 Å². The number of benzene rings is 1. The van der Waals surface area contributed by atoms with Gasteiger partial charge in [-0.3, -0.25) is 4.79 Å². The van der Waals surface area contributed by atoms with E-state index >= 15 is 0 Å². The first-order chi connectivity index (χ1) is 14.7. The van der Waals surface area contributed by atoms with E-state index in [0.29, 0.717) is 36.5 Å². The summed E-state index contributed by atoms with van der Waals surface area (Å²) in [7, 11) is 1.30. The van der Waals surface area contributed by atoms with E-state index < -0.39 is 15.9 Å². The molecule has 0 bridgehead atoms. The van der Waals surface area contributed by atoms with Gasteiger partial charge in [-0.25, -0.2) is 8.42 Å².